The molecule has 0 aromatic heterocycles. The second kappa shape index (κ2) is 6.52. The Morgan fingerprint density at radius 3 is 2.53 bits per heavy atom. The van der Waals surface area contributed by atoms with E-state index in [4.69, 9.17) is 10.5 Å². The third kappa shape index (κ3) is 5.55. The van der Waals surface area contributed by atoms with Gasteiger partial charge < -0.3 is 15.8 Å². The van der Waals surface area contributed by atoms with Gasteiger partial charge in [-0.25, -0.2) is 0 Å². The van der Waals surface area contributed by atoms with Crippen LogP contribution in [-0.4, -0.2) is 25.0 Å². The summed E-state index contributed by atoms with van der Waals surface area (Å²) in [4.78, 5) is 21.7. The lowest BCUT2D eigenvalue weighted by Crippen LogP contribution is -2.31. The van der Waals surface area contributed by atoms with Gasteiger partial charge in [0.2, 0.25) is 5.91 Å². The number of nitrogens with one attached hydrogen (secondary N) is 1. The molecule has 0 radical (unpaired) electrons. The minimum Gasteiger partial charge on any atom is -0.484 e. The van der Waals surface area contributed by atoms with Crippen molar-refractivity contribution in [3.63, 3.8) is 0 Å². The van der Waals surface area contributed by atoms with Gasteiger partial charge in [0.25, 0.3) is 5.91 Å². The summed E-state index contributed by atoms with van der Waals surface area (Å²) in [6.07, 6.45) is 0.135. The van der Waals surface area contributed by atoms with E-state index in [1.165, 1.54) is 0 Å². The number of carbonyl (C=O) groups excluding carboxylic acids is 2. The Balaban J connectivity index is 2.23. The van der Waals surface area contributed by atoms with Crippen LogP contribution in [0.3, 0.4) is 0 Å². The van der Waals surface area contributed by atoms with Crippen LogP contribution in [0.5, 0.6) is 5.75 Å². The Morgan fingerprint density at radius 2 is 1.94 bits per heavy atom. The number of primary amides is 1. The van der Waals surface area contributed by atoms with Crippen LogP contribution in [0.15, 0.2) is 24.3 Å². The molecular formula is C12H16N2O3. The molecule has 3 N–H and O–H groups in total. The monoisotopic (exact) mass is 236 g/mol. The fraction of sp³-hybridized carbons (Fsp3) is 0.333. The van der Waals surface area contributed by atoms with Crippen LogP contribution in [0.4, 0.5) is 0 Å². The van der Waals surface area contributed by atoms with E-state index in [0.29, 0.717) is 5.75 Å². The van der Waals surface area contributed by atoms with E-state index in [1.807, 2.05) is 19.1 Å². The van der Waals surface area contributed by atoms with Gasteiger partial charge in [-0.3, -0.25) is 9.59 Å². The fourth-order valence-corrected chi connectivity index (χ4v) is 1.16. The quantitative estimate of drug-likeness (QED) is 0.748. The Morgan fingerprint density at radius 1 is 1.29 bits per heavy atom. The third-order valence-electron chi connectivity index (χ3n) is 2.08. The molecule has 92 valence electrons. The van der Waals surface area contributed by atoms with E-state index in [1.54, 1.807) is 12.1 Å². The van der Waals surface area contributed by atoms with Crippen molar-refractivity contribution in [1.82, 2.24) is 5.32 Å². The average Bonchev–Trinajstić information content (AvgIpc) is 2.28. The highest BCUT2D eigenvalue weighted by Crippen LogP contribution is 2.10. The second-order valence-corrected chi connectivity index (χ2v) is 3.67. The average molecular weight is 236 g/mol. The molecule has 1 aromatic rings. The summed E-state index contributed by atoms with van der Waals surface area (Å²) in [6.45, 7) is 2.15. The molecule has 0 unspecified atom stereocenters. The van der Waals surface area contributed by atoms with Gasteiger partial charge in [0.1, 0.15) is 5.75 Å². The maximum Gasteiger partial charge on any atom is 0.257 e. The lowest BCUT2D eigenvalue weighted by Gasteiger charge is -2.06. The number of aryl methyl sites for hydroxylation is 1. The summed E-state index contributed by atoms with van der Waals surface area (Å²) >= 11 is 0. The number of hydrogen-bond donors (Lipinski definition) is 2. The number of hydrogen-bond acceptors (Lipinski definition) is 3. The maximum absolute atomic E-state index is 11.3. The van der Waals surface area contributed by atoms with E-state index in [-0.39, 0.29) is 25.5 Å². The van der Waals surface area contributed by atoms with Crippen LogP contribution in [-0.2, 0) is 9.59 Å². The molecule has 5 nitrogen and oxygen atoms in total. The lowest BCUT2D eigenvalue weighted by atomic mass is 10.2. The highest BCUT2D eigenvalue weighted by Gasteiger charge is 2.02. The molecule has 0 spiro atoms. The van der Waals surface area contributed by atoms with Crippen molar-refractivity contribution in [2.45, 2.75) is 13.3 Å². The summed E-state index contributed by atoms with van der Waals surface area (Å²) in [5.41, 5.74) is 6.06. The molecule has 17 heavy (non-hydrogen) atoms. The molecule has 0 saturated heterocycles. The Bertz CT molecular complexity index is 387. The van der Waals surface area contributed by atoms with Crippen molar-refractivity contribution in [2.75, 3.05) is 13.2 Å². The number of ether oxygens (including phenoxy) is 1. The second-order valence-electron chi connectivity index (χ2n) is 3.67. The molecule has 1 rings (SSSR count). The SMILES string of the molecule is Cc1ccc(OCC(=O)NCCC(N)=O)cc1. The zero-order chi connectivity index (χ0) is 12.7. The van der Waals surface area contributed by atoms with E-state index in [9.17, 15) is 9.59 Å². The predicted molar refractivity (Wildman–Crippen MR) is 63.5 cm³/mol. The van der Waals surface area contributed by atoms with Gasteiger partial charge in [-0.2, -0.15) is 0 Å². The number of nitrogens with two attached hydrogens (primary N) is 1. The minimum atomic E-state index is -0.440. The van der Waals surface area contributed by atoms with Crippen molar-refractivity contribution in [3.05, 3.63) is 29.8 Å². The fourth-order valence-electron chi connectivity index (χ4n) is 1.16. The number of carbonyl (C=O) groups is 2. The highest BCUT2D eigenvalue weighted by molar-refractivity contribution is 5.79. The lowest BCUT2D eigenvalue weighted by molar-refractivity contribution is -0.123. The molecule has 2 amide bonds. The van der Waals surface area contributed by atoms with Crippen molar-refractivity contribution in [2.24, 2.45) is 5.73 Å². The molecule has 0 aliphatic rings. The van der Waals surface area contributed by atoms with Crippen molar-refractivity contribution < 1.29 is 14.3 Å². The Labute approximate surface area is 99.9 Å². The molecular weight excluding hydrogens is 220 g/mol. The maximum atomic E-state index is 11.3. The number of rotatable bonds is 6. The van der Waals surface area contributed by atoms with Gasteiger partial charge >= 0.3 is 0 Å². The topological polar surface area (TPSA) is 81.4 Å². The van der Waals surface area contributed by atoms with Crippen LogP contribution in [0.1, 0.15) is 12.0 Å². The van der Waals surface area contributed by atoms with E-state index in [0.717, 1.165) is 5.56 Å². The molecule has 0 aliphatic heterocycles. The van der Waals surface area contributed by atoms with Crippen molar-refractivity contribution in [1.29, 1.82) is 0 Å². The molecule has 0 saturated carbocycles. The summed E-state index contributed by atoms with van der Waals surface area (Å²) in [6, 6.07) is 7.40. The first-order chi connectivity index (χ1) is 8.08. The molecule has 0 fully saturated rings. The van der Waals surface area contributed by atoms with E-state index < -0.39 is 5.91 Å². The molecule has 0 aliphatic carbocycles. The van der Waals surface area contributed by atoms with Crippen LogP contribution in [0, 0.1) is 6.92 Å². The van der Waals surface area contributed by atoms with Gasteiger partial charge in [-0.15, -0.1) is 0 Å². The largest absolute Gasteiger partial charge is 0.484 e. The Kier molecular flexibility index (Phi) is 5.00. The summed E-state index contributed by atoms with van der Waals surface area (Å²) in [5, 5.41) is 2.53. The molecule has 0 atom stereocenters. The van der Waals surface area contributed by atoms with Crippen LogP contribution in [0.25, 0.3) is 0 Å². The zero-order valence-corrected chi connectivity index (χ0v) is 9.73. The van der Waals surface area contributed by atoms with Crippen molar-refractivity contribution in [3.8, 4) is 5.75 Å². The van der Waals surface area contributed by atoms with Crippen molar-refractivity contribution >= 4 is 11.8 Å². The summed E-state index contributed by atoms with van der Waals surface area (Å²) in [7, 11) is 0. The van der Waals surface area contributed by atoms with Gasteiger partial charge in [-0.05, 0) is 19.1 Å². The predicted octanol–water partition coefficient (Wildman–Crippen LogP) is 0.365. The standard InChI is InChI=1S/C12H16N2O3/c1-9-2-4-10(5-3-9)17-8-12(16)14-7-6-11(13)15/h2-5H,6-8H2,1H3,(H2,13,15)(H,14,16). The molecule has 0 bridgehead atoms. The number of amides is 2. The van der Waals surface area contributed by atoms with E-state index in [2.05, 4.69) is 5.32 Å². The van der Waals surface area contributed by atoms with Gasteiger partial charge in [0.05, 0.1) is 0 Å². The van der Waals surface area contributed by atoms with E-state index >= 15 is 0 Å². The highest BCUT2D eigenvalue weighted by atomic mass is 16.5. The minimum absolute atomic E-state index is 0.0676. The van der Waals surface area contributed by atoms with Gasteiger partial charge in [-0.1, -0.05) is 17.7 Å². The molecule has 1 aromatic carbocycles. The normalized spacial score (nSPS) is 9.71. The smallest absolute Gasteiger partial charge is 0.257 e. The first-order valence-corrected chi connectivity index (χ1v) is 5.32. The molecule has 5 heteroatoms. The van der Waals surface area contributed by atoms with Crippen LogP contribution in [0.2, 0.25) is 0 Å². The molecule has 0 heterocycles. The van der Waals surface area contributed by atoms with Gasteiger partial charge in [0, 0.05) is 13.0 Å². The summed E-state index contributed by atoms with van der Waals surface area (Å²) < 4.78 is 5.25. The first-order valence-electron chi connectivity index (χ1n) is 5.32. The Hall–Kier alpha value is -2.04. The van der Waals surface area contributed by atoms with Gasteiger partial charge in [0.15, 0.2) is 6.61 Å². The van der Waals surface area contributed by atoms with Crippen LogP contribution < -0.4 is 15.8 Å². The third-order valence-corrected chi connectivity index (χ3v) is 2.08. The first kappa shape index (κ1) is 13.0. The van der Waals surface area contributed by atoms with Crippen LogP contribution >= 0.6 is 0 Å². The number of benzene rings is 1. The zero-order valence-electron chi connectivity index (χ0n) is 9.73. The summed E-state index contributed by atoms with van der Waals surface area (Å²) in [5.74, 6) is -0.0720.